The molecule has 3 N–H and O–H groups in total. The molecule has 0 spiro atoms. The average molecular weight is 130 g/mol. The molecule has 0 aliphatic carbocycles. The fourth-order valence-electron chi connectivity index (χ4n) is 0.429. The molecule has 0 saturated heterocycles. The van der Waals surface area contributed by atoms with Gasteiger partial charge in [-0.1, -0.05) is 0 Å². The van der Waals surface area contributed by atoms with Crippen LogP contribution in [0.4, 0.5) is 0 Å². The molecule has 1 heterocycles. The molecule has 1 atom stereocenters. The second kappa shape index (κ2) is 2.24. The van der Waals surface area contributed by atoms with Gasteiger partial charge in [-0.25, -0.2) is 0 Å². The standard InChI is InChI=1S/C5H8N2O.H2O/c1-4-3-6-7-5(4,2)8;/h3,8H,1-2H3;1H2. The summed E-state index contributed by atoms with van der Waals surface area (Å²) in [6.07, 6.45) is 1.56. The maximum atomic E-state index is 9.13. The van der Waals surface area contributed by atoms with Crippen molar-refractivity contribution < 1.29 is 10.6 Å². The van der Waals surface area contributed by atoms with Gasteiger partial charge >= 0.3 is 0 Å². The highest BCUT2D eigenvalue weighted by Gasteiger charge is 2.24. The van der Waals surface area contributed by atoms with Crippen LogP contribution in [-0.2, 0) is 0 Å². The predicted octanol–water partition coefficient (Wildman–Crippen LogP) is 0.240. The van der Waals surface area contributed by atoms with E-state index in [-0.39, 0.29) is 5.48 Å². The van der Waals surface area contributed by atoms with Gasteiger partial charge < -0.3 is 10.6 Å². The normalized spacial score (nSPS) is 31.7. The summed E-state index contributed by atoms with van der Waals surface area (Å²) in [6.45, 7) is 3.40. The van der Waals surface area contributed by atoms with Gasteiger partial charge in [-0.05, 0) is 13.8 Å². The van der Waals surface area contributed by atoms with Crippen molar-refractivity contribution in [1.29, 1.82) is 0 Å². The number of hydrogen-bond donors (Lipinski definition) is 1. The van der Waals surface area contributed by atoms with Gasteiger partial charge in [0.05, 0.1) is 6.20 Å². The van der Waals surface area contributed by atoms with Crippen molar-refractivity contribution >= 4 is 0 Å². The highest BCUT2D eigenvalue weighted by molar-refractivity contribution is 5.13. The predicted molar refractivity (Wildman–Crippen MR) is 32.9 cm³/mol. The molecule has 1 aliphatic rings. The smallest absolute Gasteiger partial charge is 0.197 e. The van der Waals surface area contributed by atoms with Crippen molar-refractivity contribution in [1.82, 2.24) is 0 Å². The first kappa shape index (κ1) is 8.26. The average Bonchev–Trinajstić information content (AvgIpc) is 1.86. The molecule has 0 saturated carbocycles. The number of rotatable bonds is 0. The Morgan fingerprint density at radius 3 is 2.33 bits per heavy atom. The first-order chi connectivity index (χ1) is 3.63. The lowest BCUT2D eigenvalue weighted by atomic mass is 10.1. The Morgan fingerprint density at radius 1 is 1.67 bits per heavy atom. The van der Waals surface area contributed by atoms with E-state index in [0.29, 0.717) is 0 Å². The second-order valence-electron chi connectivity index (χ2n) is 2.05. The van der Waals surface area contributed by atoms with Crippen molar-refractivity contribution in [2.45, 2.75) is 19.6 Å². The molecule has 0 amide bonds. The molecule has 0 bridgehead atoms. The highest BCUT2D eigenvalue weighted by Crippen LogP contribution is 2.22. The Bertz CT molecular complexity index is 160. The zero-order chi connectivity index (χ0) is 6.20. The Hall–Kier alpha value is -0.740. The van der Waals surface area contributed by atoms with E-state index in [4.69, 9.17) is 5.11 Å². The summed E-state index contributed by atoms with van der Waals surface area (Å²) in [5.41, 5.74) is -0.238. The molecule has 52 valence electrons. The van der Waals surface area contributed by atoms with E-state index in [1.807, 2.05) is 0 Å². The molecule has 1 unspecified atom stereocenters. The SMILES string of the molecule is CC1=CN=NC1(C)O.O. The van der Waals surface area contributed by atoms with Crippen molar-refractivity contribution in [2.75, 3.05) is 0 Å². The summed E-state index contributed by atoms with van der Waals surface area (Å²) < 4.78 is 0. The largest absolute Gasteiger partial charge is 0.412 e. The summed E-state index contributed by atoms with van der Waals surface area (Å²) in [5.74, 6) is 0. The summed E-state index contributed by atoms with van der Waals surface area (Å²) in [5, 5.41) is 16.2. The van der Waals surface area contributed by atoms with Crippen molar-refractivity contribution in [2.24, 2.45) is 10.2 Å². The minimum absolute atomic E-state index is 0. The topological polar surface area (TPSA) is 76.5 Å². The molecule has 0 aromatic carbocycles. The molecule has 0 fully saturated rings. The van der Waals surface area contributed by atoms with Crippen LogP contribution in [0.2, 0.25) is 0 Å². The van der Waals surface area contributed by atoms with Crippen molar-refractivity contribution in [3.05, 3.63) is 11.8 Å². The van der Waals surface area contributed by atoms with Gasteiger partial charge in [0.2, 0.25) is 0 Å². The van der Waals surface area contributed by atoms with Crippen LogP contribution in [-0.4, -0.2) is 16.3 Å². The van der Waals surface area contributed by atoms with Crippen molar-refractivity contribution in [3.8, 4) is 0 Å². The van der Waals surface area contributed by atoms with Gasteiger partial charge in [0.1, 0.15) is 0 Å². The summed E-state index contributed by atoms with van der Waals surface area (Å²) >= 11 is 0. The maximum Gasteiger partial charge on any atom is 0.197 e. The summed E-state index contributed by atoms with van der Waals surface area (Å²) in [6, 6.07) is 0. The van der Waals surface area contributed by atoms with E-state index in [1.165, 1.54) is 0 Å². The third-order valence-corrected chi connectivity index (χ3v) is 1.25. The Kier molecular flexibility index (Phi) is 2.06. The van der Waals surface area contributed by atoms with Gasteiger partial charge in [-0.15, -0.1) is 5.11 Å². The second-order valence-corrected chi connectivity index (χ2v) is 2.05. The molecule has 1 rings (SSSR count). The van der Waals surface area contributed by atoms with Crippen LogP contribution >= 0.6 is 0 Å². The van der Waals surface area contributed by atoms with E-state index >= 15 is 0 Å². The quantitative estimate of drug-likeness (QED) is 0.501. The number of hydrogen-bond acceptors (Lipinski definition) is 3. The summed E-state index contributed by atoms with van der Waals surface area (Å²) in [4.78, 5) is 0. The molecule has 1 aliphatic heterocycles. The summed E-state index contributed by atoms with van der Waals surface area (Å²) in [7, 11) is 0. The van der Waals surface area contributed by atoms with E-state index in [1.54, 1.807) is 20.0 Å². The van der Waals surface area contributed by atoms with Gasteiger partial charge in [-0.3, -0.25) is 0 Å². The zero-order valence-electron chi connectivity index (χ0n) is 5.42. The van der Waals surface area contributed by atoms with Gasteiger partial charge in [-0.2, -0.15) is 5.11 Å². The van der Waals surface area contributed by atoms with Gasteiger partial charge in [0.15, 0.2) is 5.72 Å². The molecule has 4 heteroatoms. The minimum Gasteiger partial charge on any atom is -0.412 e. The monoisotopic (exact) mass is 130 g/mol. The van der Waals surface area contributed by atoms with E-state index in [0.717, 1.165) is 5.57 Å². The maximum absolute atomic E-state index is 9.13. The van der Waals surface area contributed by atoms with Crippen LogP contribution < -0.4 is 0 Å². The van der Waals surface area contributed by atoms with Crippen LogP contribution in [0, 0.1) is 0 Å². The van der Waals surface area contributed by atoms with E-state index < -0.39 is 5.72 Å². The Labute approximate surface area is 53.2 Å². The molecular weight excluding hydrogens is 120 g/mol. The molecule has 0 radical (unpaired) electrons. The van der Waals surface area contributed by atoms with Crippen LogP contribution in [0.25, 0.3) is 0 Å². The van der Waals surface area contributed by atoms with Crippen LogP contribution in [0.1, 0.15) is 13.8 Å². The van der Waals surface area contributed by atoms with Crippen molar-refractivity contribution in [3.63, 3.8) is 0 Å². The lowest BCUT2D eigenvalue weighted by Crippen LogP contribution is -2.18. The molecule has 0 aromatic rings. The Balaban J connectivity index is 0.000000640. The van der Waals surface area contributed by atoms with E-state index in [2.05, 4.69) is 10.2 Å². The zero-order valence-corrected chi connectivity index (χ0v) is 5.42. The van der Waals surface area contributed by atoms with Gasteiger partial charge in [0, 0.05) is 5.57 Å². The Morgan fingerprint density at radius 2 is 2.22 bits per heavy atom. The fourth-order valence-corrected chi connectivity index (χ4v) is 0.429. The number of nitrogens with zero attached hydrogens (tertiary/aromatic N) is 2. The van der Waals surface area contributed by atoms with Crippen LogP contribution in [0.3, 0.4) is 0 Å². The minimum atomic E-state index is -1.03. The first-order valence-electron chi connectivity index (χ1n) is 2.44. The number of azo groups is 1. The third-order valence-electron chi connectivity index (χ3n) is 1.25. The van der Waals surface area contributed by atoms with Crippen LogP contribution in [0.5, 0.6) is 0 Å². The molecule has 4 nitrogen and oxygen atoms in total. The molecule has 9 heavy (non-hydrogen) atoms. The lowest BCUT2D eigenvalue weighted by Gasteiger charge is -2.10. The first-order valence-corrected chi connectivity index (χ1v) is 2.44. The van der Waals surface area contributed by atoms with E-state index in [9.17, 15) is 0 Å². The van der Waals surface area contributed by atoms with Crippen LogP contribution in [0.15, 0.2) is 22.0 Å². The lowest BCUT2D eigenvalue weighted by molar-refractivity contribution is 0.108. The molecule has 0 aromatic heterocycles. The number of aliphatic hydroxyl groups is 1. The highest BCUT2D eigenvalue weighted by atomic mass is 16.3. The fraction of sp³-hybridized carbons (Fsp3) is 0.600. The third kappa shape index (κ3) is 1.34. The van der Waals surface area contributed by atoms with Gasteiger partial charge in [0.25, 0.3) is 0 Å². The molecular formula is C5H10N2O2.